The first kappa shape index (κ1) is 10.4. The van der Waals surface area contributed by atoms with Crippen molar-refractivity contribution in [1.82, 2.24) is 4.98 Å². The second kappa shape index (κ2) is 4.52. The Balaban J connectivity index is 2.64. The zero-order valence-electron chi connectivity index (χ0n) is 7.01. The second-order valence-electron chi connectivity index (χ2n) is 2.38. The fourth-order valence-corrected chi connectivity index (χ4v) is 1.36. The van der Waals surface area contributed by atoms with E-state index in [1.165, 1.54) is 12.2 Å². The second-order valence-corrected chi connectivity index (χ2v) is 3.24. The molecule has 0 aromatic carbocycles. The largest absolute Gasteiger partial charge is 0.481 e. The summed E-state index contributed by atoms with van der Waals surface area (Å²) >= 11 is 1.01. The first-order valence-electron chi connectivity index (χ1n) is 3.66. The molecule has 0 bridgehead atoms. The molecule has 1 rings (SSSR count). The standard InChI is InChI=1S/C8H7NO4S/c10-6(11)3-1-2-5-4-14-7(9-5)8(12)13/h1-2,4H,3H2,(H,10,11)(H,12,13). The predicted molar refractivity (Wildman–Crippen MR) is 50.4 cm³/mol. The molecule has 6 heteroatoms. The molecule has 0 aliphatic rings. The van der Waals surface area contributed by atoms with E-state index < -0.39 is 11.9 Å². The summed E-state index contributed by atoms with van der Waals surface area (Å²) < 4.78 is 0. The van der Waals surface area contributed by atoms with Gasteiger partial charge in [-0.25, -0.2) is 9.78 Å². The summed E-state index contributed by atoms with van der Waals surface area (Å²) in [5.41, 5.74) is 0.466. The number of carbonyl (C=O) groups is 2. The first-order chi connectivity index (χ1) is 6.59. The molecule has 0 amide bonds. The van der Waals surface area contributed by atoms with Crippen LogP contribution < -0.4 is 0 Å². The van der Waals surface area contributed by atoms with Crippen LogP contribution in [0.25, 0.3) is 6.08 Å². The van der Waals surface area contributed by atoms with Gasteiger partial charge in [-0.3, -0.25) is 4.79 Å². The smallest absolute Gasteiger partial charge is 0.365 e. The maximum atomic E-state index is 10.4. The molecule has 0 aliphatic heterocycles. The van der Waals surface area contributed by atoms with Gasteiger partial charge in [-0.05, 0) is 6.08 Å². The van der Waals surface area contributed by atoms with Gasteiger partial charge in [-0.1, -0.05) is 6.08 Å². The average Bonchev–Trinajstić information content (AvgIpc) is 2.52. The highest BCUT2D eigenvalue weighted by Crippen LogP contribution is 2.10. The maximum Gasteiger partial charge on any atom is 0.365 e. The predicted octanol–water partition coefficient (Wildman–Crippen LogP) is 1.33. The van der Waals surface area contributed by atoms with Crippen molar-refractivity contribution in [2.24, 2.45) is 0 Å². The third kappa shape index (κ3) is 2.98. The van der Waals surface area contributed by atoms with E-state index in [1.807, 2.05) is 0 Å². The van der Waals surface area contributed by atoms with Crippen molar-refractivity contribution in [3.05, 3.63) is 22.2 Å². The molecule has 5 nitrogen and oxygen atoms in total. The van der Waals surface area contributed by atoms with Crippen LogP contribution in [-0.4, -0.2) is 27.1 Å². The third-order valence-corrected chi connectivity index (χ3v) is 2.13. The summed E-state index contributed by atoms with van der Waals surface area (Å²) in [6.45, 7) is 0. The molecule has 2 N–H and O–H groups in total. The third-order valence-electron chi connectivity index (χ3n) is 1.29. The van der Waals surface area contributed by atoms with E-state index in [2.05, 4.69) is 4.98 Å². The minimum atomic E-state index is -1.08. The van der Waals surface area contributed by atoms with E-state index in [-0.39, 0.29) is 11.4 Å². The quantitative estimate of drug-likeness (QED) is 0.787. The Kier molecular flexibility index (Phi) is 3.35. The first-order valence-corrected chi connectivity index (χ1v) is 4.54. The number of aliphatic carboxylic acids is 1. The van der Waals surface area contributed by atoms with E-state index in [1.54, 1.807) is 5.38 Å². The van der Waals surface area contributed by atoms with Gasteiger partial charge >= 0.3 is 11.9 Å². The summed E-state index contributed by atoms with van der Waals surface area (Å²) in [7, 11) is 0. The van der Waals surface area contributed by atoms with Crippen LogP contribution in [0.1, 0.15) is 21.9 Å². The molecule has 0 atom stereocenters. The van der Waals surface area contributed by atoms with Crippen molar-refractivity contribution in [3.63, 3.8) is 0 Å². The van der Waals surface area contributed by atoms with Crippen LogP contribution in [0.5, 0.6) is 0 Å². The Bertz CT molecular complexity index is 382. The minimum absolute atomic E-state index is 0.0000231. The summed E-state index contributed by atoms with van der Waals surface area (Å²) in [6, 6.07) is 0. The van der Waals surface area contributed by atoms with Gasteiger partial charge in [-0.15, -0.1) is 11.3 Å². The van der Waals surface area contributed by atoms with Gasteiger partial charge in [-0.2, -0.15) is 0 Å². The number of aromatic carboxylic acids is 1. The molecule has 0 aliphatic carbocycles. The van der Waals surface area contributed by atoms with E-state index in [0.717, 1.165) is 11.3 Å². The van der Waals surface area contributed by atoms with Crippen LogP contribution in [0.2, 0.25) is 0 Å². The molecule has 0 unspecified atom stereocenters. The van der Waals surface area contributed by atoms with Crippen molar-refractivity contribution >= 4 is 29.4 Å². The van der Waals surface area contributed by atoms with Gasteiger partial charge in [0.1, 0.15) is 0 Å². The van der Waals surface area contributed by atoms with Crippen LogP contribution in [0.3, 0.4) is 0 Å². The van der Waals surface area contributed by atoms with Gasteiger partial charge in [0.15, 0.2) is 0 Å². The van der Waals surface area contributed by atoms with Gasteiger partial charge in [0, 0.05) is 5.38 Å². The highest BCUT2D eigenvalue weighted by molar-refractivity contribution is 7.11. The highest BCUT2D eigenvalue weighted by Gasteiger charge is 2.06. The van der Waals surface area contributed by atoms with E-state index >= 15 is 0 Å². The number of carboxylic acid groups (broad SMARTS) is 2. The summed E-state index contributed by atoms with van der Waals surface area (Å²) in [5.74, 6) is -2.01. The molecule has 0 radical (unpaired) electrons. The van der Waals surface area contributed by atoms with Gasteiger partial charge in [0.2, 0.25) is 5.01 Å². The van der Waals surface area contributed by atoms with E-state index in [0.29, 0.717) is 5.69 Å². The zero-order valence-corrected chi connectivity index (χ0v) is 7.82. The lowest BCUT2D eigenvalue weighted by atomic mass is 10.3. The molecule has 1 heterocycles. The van der Waals surface area contributed by atoms with Crippen LogP contribution in [0.15, 0.2) is 11.5 Å². The fourth-order valence-electron chi connectivity index (χ4n) is 0.741. The lowest BCUT2D eigenvalue weighted by Gasteiger charge is -1.83. The van der Waals surface area contributed by atoms with Gasteiger partial charge in [0.05, 0.1) is 12.1 Å². The zero-order chi connectivity index (χ0) is 10.6. The molecule has 74 valence electrons. The van der Waals surface area contributed by atoms with Crippen LogP contribution >= 0.6 is 11.3 Å². The number of aromatic nitrogens is 1. The SMILES string of the molecule is O=C(O)CC=Cc1csc(C(=O)O)n1. The van der Waals surface area contributed by atoms with Crippen molar-refractivity contribution < 1.29 is 19.8 Å². The van der Waals surface area contributed by atoms with Crippen LogP contribution in [0, 0.1) is 0 Å². The minimum Gasteiger partial charge on any atom is -0.481 e. The number of carboxylic acids is 2. The number of thiazole rings is 1. The maximum absolute atomic E-state index is 10.4. The molecule has 1 aromatic rings. The average molecular weight is 213 g/mol. The van der Waals surface area contributed by atoms with Crippen molar-refractivity contribution in [2.75, 3.05) is 0 Å². The normalized spacial score (nSPS) is 10.6. The monoisotopic (exact) mass is 213 g/mol. The molecule has 1 aromatic heterocycles. The molecule has 0 spiro atoms. The lowest BCUT2D eigenvalue weighted by Crippen LogP contribution is -1.94. The van der Waals surface area contributed by atoms with Crippen LogP contribution in [0.4, 0.5) is 0 Å². The molecule has 14 heavy (non-hydrogen) atoms. The topological polar surface area (TPSA) is 87.5 Å². The Morgan fingerprint density at radius 2 is 2.21 bits per heavy atom. The van der Waals surface area contributed by atoms with Crippen molar-refractivity contribution in [3.8, 4) is 0 Å². The van der Waals surface area contributed by atoms with Crippen LogP contribution in [-0.2, 0) is 4.79 Å². The number of hydrogen-bond acceptors (Lipinski definition) is 4. The molecule has 0 saturated heterocycles. The fraction of sp³-hybridized carbons (Fsp3) is 0.125. The van der Waals surface area contributed by atoms with E-state index in [4.69, 9.17) is 10.2 Å². The lowest BCUT2D eigenvalue weighted by molar-refractivity contribution is -0.135. The Labute approximate surface area is 83.3 Å². The van der Waals surface area contributed by atoms with Gasteiger partial charge < -0.3 is 10.2 Å². The summed E-state index contributed by atoms with van der Waals surface area (Å²) in [4.78, 5) is 24.3. The molecular formula is C8H7NO4S. The molecule has 0 saturated carbocycles. The van der Waals surface area contributed by atoms with Gasteiger partial charge in [0.25, 0.3) is 0 Å². The van der Waals surface area contributed by atoms with Crippen molar-refractivity contribution in [1.29, 1.82) is 0 Å². The Hall–Kier alpha value is -1.69. The molecule has 0 fully saturated rings. The number of nitrogens with zero attached hydrogens (tertiary/aromatic N) is 1. The van der Waals surface area contributed by atoms with Crippen molar-refractivity contribution in [2.45, 2.75) is 6.42 Å². The summed E-state index contributed by atoms with van der Waals surface area (Å²) in [5, 5.41) is 18.4. The molecular weight excluding hydrogens is 206 g/mol. The highest BCUT2D eigenvalue weighted by atomic mass is 32.1. The Morgan fingerprint density at radius 3 is 2.71 bits per heavy atom. The number of rotatable bonds is 4. The van der Waals surface area contributed by atoms with E-state index in [9.17, 15) is 9.59 Å². The Morgan fingerprint density at radius 1 is 1.50 bits per heavy atom. The summed E-state index contributed by atoms with van der Waals surface area (Å²) in [6.07, 6.45) is 2.81. The number of hydrogen-bond donors (Lipinski definition) is 2.